The monoisotopic (exact) mass is 810 g/mol. The van der Waals surface area contributed by atoms with Gasteiger partial charge in [-0.1, -0.05) is 216 Å². The number of carbonyl (C=O) groups excluding carboxylic acids is 2. The molecule has 0 spiro atoms. The lowest BCUT2D eigenvalue weighted by Gasteiger charge is -2.24. The van der Waals surface area contributed by atoms with E-state index in [4.69, 9.17) is 4.74 Å². The van der Waals surface area contributed by atoms with Crippen molar-refractivity contribution in [3.63, 3.8) is 0 Å². The van der Waals surface area contributed by atoms with E-state index in [2.05, 4.69) is 92.9 Å². The Hall–Kier alpha value is -2.70. The van der Waals surface area contributed by atoms with Crippen molar-refractivity contribution >= 4 is 11.9 Å². The quantitative estimate of drug-likeness (QED) is 0.0324. The number of amides is 1. The highest BCUT2D eigenvalue weighted by molar-refractivity contribution is 5.77. The van der Waals surface area contributed by atoms with Gasteiger partial charge in [-0.15, -0.1) is 0 Å². The van der Waals surface area contributed by atoms with Crippen molar-refractivity contribution in [1.29, 1.82) is 0 Å². The molecule has 1 amide bonds. The van der Waals surface area contributed by atoms with Gasteiger partial charge in [0.05, 0.1) is 25.2 Å². The van der Waals surface area contributed by atoms with Crippen molar-refractivity contribution in [2.24, 2.45) is 0 Å². The molecule has 0 aliphatic rings. The molecule has 6 nitrogen and oxygen atoms in total. The number of nitrogens with one attached hydrogen (secondary N) is 1. The van der Waals surface area contributed by atoms with Crippen molar-refractivity contribution in [3.8, 4) is 0 Å². The first kappa shape index (κ1) is 55.3. The SMILES string of the molecule is CC/C=C\C/C=C\C/C=C\C/C=C\C/C=C\C/C=C\CCC(=O)OC(CCCCCCCCCCCCC)CC(=O)NC(CO)C(O)CCCCCCCCCCC. The van der Waals surface area contributed by atoms with Crippen LogP contribution in [0.3, 0.4) is 0 Å². The van der Waals surface area contributed by atoms with Crippen LogP contribution in [0, 0.1) is 0 Å². The molecule has 0 bridgehead atoms. The average Bonchev–Trinajstić information content (AvgIpc) is 3.22. The predicted molar refractivity (Wildman–Crippen MR) is 250 cm³/mol. The summed E-state index contributed by atoms with van der Waals surface area (Å²) in [5.74, 6) is -0.576. The molecule has 3 unspecified atom stereocenters. The summed E-state index contributed by atoms with van der Waals surface area (Å²) in [6.07, 6.45) is 56.9. The molecule has 0 saturated heterocycles. The number of ether oxygens (including phenoxy) is 1. The number of hydrogen-bond acceptors (Lipinski definition) is 5. The van der Waals surface area contributed by atoms with E-state index in [1.807, 2.05) is 6.08 Å². The third kappa shape index (κ3) is 40.1. The summed E-state index contributed by atoms with van der Waals surface area (Å²) in [4.78, 5) is 26.0. The van der Waals surface area contributed by atoms with Crippen LogP contribution >= 0.6 is 0 Å². The summed E-state index contributed by atoms with van der Waals surface area (Å²) in [5.41, 5.74) is 0. The normalized spacial score (nSPS) is 13.9. The van der Waals surface area contributed by atoms with Gasteiger partial charge in [0, 0.05) is 6.42 Å². The fourth-order valence-corrected chi connectivity index (χ4v) is 6.93. The minimum atomic E-state index is -0.799. The summed E-state index contributed by atoms with van der Waals surface area (Å²) in [6, 6.07) is -0.715. The van der Waals surface area contributed by atoms with Crippen LogP contribution in [0.4, 0.5) is 0 Å². The highest BCUT2D eigenvalue weighted by Crippen LogP contribution is 2.17. The molecule has 0 aromatic carbocycles. The number of esters is 1. The van der Waals surface area contributed by atoms with E-state index in [1.165, 1.54) is 89.9 Å². The fourth-order valence-electron chi connectivity index (χ4n) is 6.93. The molecular weight excluding hydrogens is 719 g/mol. The van der Waals surface area contributed by atoms with Crippen molar-refractivity contribution in [3.05, 3.63) is 72.9 Å². The zero-order valence-corrected chi connectivity index (χ0v) is 37.9. The maximum absolute atomic E-state index is 13.1. The Labute approximate surface area is 358 Å². The lowest BCUT2D eigenvalue weighted by molar-refractivity contribution is -0.150. The van der Waals surface area contributed by atoms with Crippen LogP contribution in [0.2, 0.25) is 0 Å². The first-order chi connectivity index (χ1) is 28.5. The highest BCUT2D eigenvalue weighted by atomic mass is 16.5. The van der Waals surface area contributed by atoms with E-state index in [1.54, 1.807) is 0 Å². The maximum atomic E-state index is 13.1. The van der Waals surface area contributed by atoms with Gasteiger partial charge in [-0.05, 0) is 64.2 Å². The van der Waals surface area contributed by atoms with Crippen molar-refractivity contribution < 1.29 is 24.5 Å². The molecule has 0 aromatic rings. The molecular formula is C52H91NO5. The molecule has 0 heterocycles. The number of carbonyl (C=O) groups is 2. The Kier molecular flexibility index (Phi) is 43.3. The first-order valence-electron chi connectivity index (χ1n) is 24.2. The number of unbranched alkanes of at least 4 members (excludes halogenated alkanes) is 18. The van der Waals surface area contributed by atoms with Gasteiger partial charge in [-0.3, -0.25) is 9.59 Å². The highest BCUT2D eigenvalue weighted by Gasteiger charge is 2.24. The van der Waals surface area contributed by atoms with E-state index < -0.39 is 18.2 Å². The van der Waals surface area contributed by atoms with E-state index in [0.29, 0.717) is 19.3 Å². The molecule has 334 valence electrons. The molecule has 0 radical (unpaired) electrons. The van der Waals surface area contributed by atoms with Gasteiger partial charge in [-0.2, -0.15) is 0 Å². The van der Waals surface area contributed by atoms with Gasteiger partial charge in [-0.25, -0.2) is 0 Å². The Morgan fingerprint density at radius 3 is 1.31 bits per heavy atom. The summed E-state index contributed by atoms with van der Waals surface area (Å²) >= 11 is 0. The smallest absolute Gasteiger partial charge is 0.306 e. The molecule has 0 aliphatic carbocycles. The van der Waals surface area contributed by atoms with Gasteiger partial charge in [0.1, 0.15) is 6.10 Å². The summed E-state index contributed by atoms with van der Waals surface area (Å²) in [5, 5.41) is 23.6. The van der Waals surface area contributed by atoms with E-state index in [0.717, 1.165) is 77.0 Å². The molecule has 0 rings (SSSR count). The van der Waals surface area contributed by atoms with Crippen LogP contribution in [0.15, 0.2) is 72.9 Å². The van der Waals surface area contributed by atoms with Gasteiger partial charge in [0.25, 0.3) is 0 Å². The van der Waals surface area contributed by atoms with E-state index >= 15 is 0 Å². The van der Waals surface area contributed by atoms with Gasteiger partial charge < -0.3 is 20.3 Å². The number of rotatable bonds is 42. The minimum Gasteiger partial charge on any atom is -0.462 e. The van der Waals surface area contributed by atoms with Gasteiger partial charge >= 0.3 is 5.97 Å². The maximum Gasteiger partial charge on any atom is 0.306 e. The average molecular weight is 810 g/mol. The Bertz CT molecular complexity index is 1090. The summed E-state index contributed by atoms with van der Waals surface area (Å²) in [6.45, 7) is 6.32. The Morgan fingerprint density at radius 2 is 0.897 bits per heavy atom. The Balaban J connectivity index is 4.66. The molecule has 0 saturated carbocycles. The lowest BCUT2D eigenvalue weighted by atomic mass is 10.0. The molecule has 0 fully saturated rings. The Morgan fingerprint density at radius 1 is 0.517 bits per heavy atom. The topological polar surface area (TPSA) is 95.9 Å². The van der Waals surface area contributed by atoms with Crippen LogP contribution < -0.4 is 5.32 Å². The van der Waals surface area contributed by atoms with Gasteiger partial charge in [0.15, 0.2) is 0 Å². The second kappa shape index (κ2) is 45.4. The zero-order chi connectivity index (χ0) is 42.4. The summed E-state index contributed by atoms with van der Waals surface area (Å²) in [7, 11) is 0. The number of hydrogen-bond donors (Lipinski definition) is 3. The second-order valence-corrected chi connectivity index (χ2v) is 16.1. The largest absolute Gasteiger partial charge is 0.462 e. The van der Waals surface area contributed by atoms with E-state index in [9.17, 15) is 19.8 Å². The molecule has 3 N–H and O–H groups in total. The molecule has 6 heteroatoms. The third-order valence-electron chi connectivity index (χ3n) is 10.6. The van der Waals surface area contributed by atoms with Crippen molar-refractivity contribution in [1.82, 2.24) is 5.32 Å². The van der Waals surface area contributed by atoms with Crippen LogP contribution in [0.1, 0.15) is 220 Å². The second-order valence-electron chi connectivity index (χ2n) is 16.1. The third-order valence-corrected chi connectivity index (χ3v) is 10.6. The van der Waals surface area contributed by atoms with Crippen molar-refractivity contribution in [2.75, 3.05) is 6.61 Å². The van der Waals surface area contributed by atoms with Crippen LogP contribution in [0.5, 0.6) is 0 Å². The van der Waals surface area contributed by atoms with E-state index in [-0.39, 0.29) is 31.3 Å². The summed E-state index contributed by atoms with van der Waals surface area (Å²) < 4.78 is 5.87. The molecule has 0 aromatic heterocycles. The standard InChI is InChI=1S/C52H91NO5/c1-4-7-10-13-16-19-21-22-23-24-25-26-27-28-30-33-36-39-42-45-52(57)58-48(43-40-37-34-32-29-20-17-14-11-8-5-2)46-51(56)53-49(47-54)50(55)44-41-38-35-31-18-15-12-9-6-3/h7,10,16,19,22-23,25-26,28,30,36,39,48-50,54-55H,4-6,8-9,11-15,17-18,20-21,24,27,29,31-35,37-38,40-47H2,1-3H3,(H,53,56)/b10-7-,19-16-,23-22-,26-25-,30-28-,39-36-. The van der Waals surface area contributed by atoms with Crippen LogP contribution in [-0.4, -0.2) is 46.9 Å². The molecule has 0 aliphatic heterocycles. The lowest BCUT2D eigenvalue weighted by Crippen LogP contribution is -2.46. The molecule has 58 heavy (non-hydrogen) atoms. The fraction of sp³-hybridized carbons (Fsp3) is 0.731. The zero-order valence-electron chi connectivity index (χ0n) is 37.9. The van der Waals surface area contributed by atoms with Crippen LogP contribution in [-0.2, 0) is 14.3 Å². The number of allylic oxidation sites excluding steroid dienone is 12. The van der Waals surface area contributed by atoms with Crippen LogP contribution in [0.25, 0.3) is 0 Å². The van der Waals surface area contributed by atoms with Crippen molar-refractivity contribution in [2.45, 2.75) is 238 Å². The minimum absolute atomic E-state index is 0.0463. The first-order valence-corrected chi connectivity index (χ1v) is 24.2. The number of aliphatic hydroxyl groups is 2. The number of aliphatic hydroxyl groups excluding tert-OH is 2. The molecule has 3 atom stereocenters. The predicted octanol–water partition coefficient (Wildman–Crippen LogP) is 14.2. The van der Waals surface area contributed by atoms with Gasteiger partial charge in [0.2, 0.25) is 5.91 Å².